The van der Waals surface area contributed by atoms with Crippen molar-refractivity contribution >= 4 is 0 Å². The molecule has 2 rings (SSSR count). The lowest BCUT2D eigenvalue weighted by Crippen LogP contribution is -2.37. The molecule has 1 aromatic carbocycles. The molecule has 0 aliphatic carbocycles. The molecule has 17 heavy (non-hydrogen) atoms. The molecule has 0 aromatic heterocycles. The molecular formula is C15H24N2. The number of benzene rings is 1. The Kier molecular flexibility index (Phi) is 3.85. The van der Waals surface area contributed by atoms with Crippen LogP contribution in [0.5, 0.6) is 0 Å². The third-order valence-corrected chi connectivity index (χ3v) is 3.23. The maximum absolute atomic E-state index is 3.53. The van der Waals surface area contributed by atoms with Gasteiger partial charge in [-0.15, -0.1) is 0 Å². The maximum Gasteiger partial charge on any atom is 0.0208 e. The molecular weight excluding hydrogens is 208 g/mol. The Morgan fingerprint density at radius 1 is 1.24 bits per heavy atom. The van der Waals surface area contributed by atoms with Crippen LogP contribution in [0.2, 0.25) is 0 Å². The van der Waals surface area contributed by atoms with E-state index in [2.05, 4.69) is 49.6 Å². The lowest BCUT2D eigenvalue weighted by molar-refractivity contribution is 0.429. The minimum Gasteiger partial charge on any atom is -0.312 e. The first-order valence-electron chi connectivity index (χ1n) is 6.61. The SMILES string of the molecule is CC(C)(C)NCCc1ccc2c(c1)CNCC2. The van der Waals surface area contributed by atoms with E-state index in [0.717, 1.165) is 26.1 Å². The largest absolute Gasteiger partial charge is 0.312 e. The molecule has 1 aliphatic heterocycles. The third kappa shape index (κ3) is 3.83. The minimum absolute atomic E-state index is 0.218. The van der Waals surface area contributed by atoms with Gasteiger partial charge in [0.05, 0.1) is 0 Å². The van der Waals surface area contributed by atoms with Crippen LogP contribution in [0.15, 0.2) is 18.2 Å². The molecule has 0 spiro atoms. The number of rotatable bonds is 3. The number of hydrogen-bond donors (Lipinski definition) is 2. The van der Waals surface area contributed by atoms with E-state index >= 15 is 0 Å². The van der Waals surface area contributed by atoms with Gasteiger partial charge in [-0.1, -0.05) is 18.2 Å². The van der Waals surface area contributed by atoms with Crippen molar-refractivity contribution in [3.63, 3.8) is 0 Å². The fourth-order valence-corrected chi connectivity index (χ4v) is 2.27. The Morgan fingerprint density at radius 2 is 2.06 bits per heavy atom. The van der Waals surface area contributed by atoms with E-state index < -0.39 is 0 Å². The Hall–Kier alpha value is -0.860. The third-order valence-electron chi connectivity index (χ3n) is 3.23. The molecule has 0 unspecified atom stereocenters. The van der Waals surface area contributed by atoms with Crippen LogP contribution in [-0.4, -0.2) is 18.6 Å². The zero-order valence-corrected chi connectivity index (χ0v) is 11.3. The summed E-state index contributed by atoms with van der Waals surface area (Å²) in [5.74, 6) is 0. The zero-order chi connectivity index (χ0) is 12.3. The van der Waals surface area contributed by atoms with Crippen molar-refractivity contribution < 1.29 is 0 Å². The van der Waals surface area contributed by atoms with Gasteiger partial charge in [0.15, 0.2) is 0 Å². The molecule has 0 saturated carbocycles. The van der Waals surface area contributed by atoms with E-state index in [0.29, 0.717) is 0 Å². The number of fused-ring (bicyclic) bond motifs is 1. The van der Waals surface area contributed by atoms with E-state index in [1.54, 1.807) is 0 Å². The Bertz CT molecular complexity index is 377. The van der Waals surface area contributed by atoms with E-state index in [-0.39, 0.29) is 5.54 Å². The van der Waals surface area contributed by atoms with E-state index in [1.807, 2.05) is 0 Å². The second-order valence-corrected chi connectivity index (χ2v) is 5.96. The quantitative estimate of drug-likeness (QED) is 0.835. The second kappa shape index (κ2) is 5.19. The Labute approximate surface area is 105 Å². The van der Waals surface area contributed by atoms with Gasteiger partial charge >= 0.3 is 0 Å². The van der Waals surface area contributed by atoms with Gasteiger partial charge in [0.25, 0.3) is 0 Å². The highest BCUT2D eigenvalue weighted by molar-refractivity contribution is 5.33. The smallest absolute Gasteiger partial charge is 0.0208 e. The minimum atomic E-state index is 0.218. The lowest BCUT2D eigenvalue weighted by Gasteiger charge is -2.21. The van der Waals surface area contributed by atoms with Crippen LogP contribution in [-0.2, 0) is 19.4 Å². The molecule has 2 nitrogen and oxygen atoms in total. The summed E-state index contributed by atoms with van der Waals surface area (Å²) in [6.07, 6.45) is 2.29. The average Bonchev–Trinajstić information content (AvgIpc) is 2.27. The second-order valence-electron chi connectivity index (χ2n) is 5.96. The van der Waals surface area contributed by atoms with Gasteiger partial charge in [0.2, 0.25) is 0 Å². The molecule has 0 radical (unpaired) electrons. The van der Waals surface area contributed by atoms with Gasteiger partial charge < -0.3 is 10.6 Å². The number of nitrogens with one attached hydrogen (secondary N) is 2. The predicted molar refractivity (Wildman–Crippen MR) is 73.3 cm³/mol. The summed E-state index contributed by atoms with van der Waals surface area (Å²) >= 11 is 0. The van der Waals surface area contributed by atoms with Crippen LogP contribution in [0.1, 0.15) is 37.5 Å². The van der Waals surface area contributed by atoms with E-state index in [4.69, 9.17) is 0 Å². The fourth-order valence-electron chi connectivity index (χ4n) is 2.27. The summed E-state index contributed by atoms with van der Waals surface area (Å²) < 4.78 is 0. The standard InChI is InChI=1S/C15H24N2/c1-15(2,3)17-9-6-12-4-5-13-7-8-16-11-14(13)10-12/h4-5,10,16-17H,6-9,11H2,1-3H3. The summed E-state index contributed by atoms with van der Waals surface area (Å²) in [4.78, 5) is 0. The highest BCUT2D eigenvalue weighted by Crippen LogP contribution is 2.16. The molecule has 2 N–H and O–H groups in total. The molecule has 0 amide bonds. The van der Waals surface area contributed by atoms with Crippen LogP contribution in [0.4, 0.5) is 0 Å². The molecule has 0 saturated heterocycles. The van der Waals surface area contributed by atoms with Gasteiger partial charge in [-0.25, -0.2) is 0 Å². The summed E-state index contributed by atoms with van der Waals surface area (Å²) in [6.45, 7) is 9.85. The van der Waals surface area contributed by atoms with Crippen molar-refractivity contribution in [3.8, 4) is 0 Å². The molecule has 1 aliphatic rings. The van der Waals surface area contributed by atoms with Crippen LogP contribution in [0.3, 0.4) is 0 Å². The van der Waals surface area contributed by atoms with Crippen LogP contribution in [0.25, 0.3) is 0 Å². The van der Waals surface area contributed by atoms with Crippen molar-refractivity contribution in [3.05, 3.63) is 34.9 Å². The summed E-state index contributed by atoms with van der Waals surface area (Å²) in [7, 11) is 0. The monoisotopic (exact) mass is 232 g/mol. The molecule has 2 heteroatoms. The fraction of sp³-hybridized carbons (Fsp3) is 0.600. The average molecular weight is 232 g/mol. The van der Waals surface area contributed by atoms with E-state index in [1.165, 1.54) is 23.1 Å². The topological polar surface area (TPSA) is 24.1 Å². The summed E-state index contributed by atoms with van der Waals surface area (Å²) in [5, 5.41) is 6.97. The van der Waals surface area contributed by atoms with Gasteiger partial charge in [0.1, 0.15) is 0 Å². The maximum atomic E-state index is 3.53. The highest BCUT2D eigenvalue weighted by atomic mass is 14.9. The molecule has 94 valence electrons. The van der Waals surface area contributed by atoms with Gasteiger partial charge in [-0.2, -0.15) is 0 Å². The molecule has 1 heterocycles. The van der Waals surface area contributed by atoms with Crippen LogP contribution < -0.4 is 10.6 Å². The Balaban J connectivity index is 1.93. The van der Waals surface area contributed by atoms with Crippen molar-refractivity contribution in [2.24, 2.45) is 0 Å². The molecule has 1 aromatic rings. The van der Waals surface area contributed by atoms with Gasteiger partial charge in [0, 0.05) is 12.1 Å². The number of hydrogen-bond acceptors (Lipinski definition) is 2. The van der Waals surface area contributed by atoms with Gasteiger partial charge in [-0.3, -0.25) is 0 Å². The lowest BCUT2D eigenvalue weighted by atomic mass is 9.97. The first kappa shape index (κ1) is 12.6. The Morgan fingerprint density at radius 3 is 2.82 bits per heavy atom. The van der Waals surface area contributed by atoms with Gasteiger partial charge in [-0.05, 0) is 63.4 Å². The predicted octanol–water partition coefficient (Wildman–Crippen LogP) is 2.26. The first-order valence-corrected chi connectivity index (χ1v) is 6.61. The first-order chi connectivity index (χ1) is 8.04. The van der Waals surface area contributed by atoms with Crippen molar-refractivity contribution in [2.75, 3.05) is 13.1 Å². The summed E-state index contributed by atoms with van der Waals surface area (Å²) in [5.41, 5.74) is 4.68. The molecule has 0 bridgehead atoms. The van der Waals surface area contributed by atoms with Crippen molar-refractivity contribution in [2.45, 2.75) is 45.7 Å². The molecule has 0 atom stereocenters. The van der Waals surface area contributed by atoms with E-state index in [9.17, 15) is 0 Å². The normalized spacial score (nSPS) is 15.7. The summed E-state index contributed by atoms with van der Waals surface area (Å²) in [6, 6.07) is 6.96. The van der Waals surface area contributed by atoms with Crippen molar-refractivity contribution in [1.82, 2.24) is 10.6 Å². The van der Waals surface area contributed by atoms with Crippen molar-refractivity contribution in [1.29, 1.82) is 0 Å². The highest BCUT2D eigenvalue weighted by Gasteiger charge is 2.10. The molecule has 0 fully saturated rings. The zero-order valence-electron chi connectivity index (χ0n) is 11.3. The van der Waals surface area contributed by atoms with Crippen LogP contribution in [0, 0.1) is 0 Å². The van der Waals surface area contributed by atoms with Crippen LogP contribution >= 0.6 is 0 Å².